The van der Waals surface area contributed by atoms with Gasteiger partial charge in [-0.25, -0.2) is 0 Å². The molecule has 1 atom stereocenters. The van der Waals surface area contributed by atoms with Crippen LogP contribution in [0.1, 0.15) is 36.3 Å². The van der Waals surface area contributed by atoms with Gasteiger partial charge in [0.25, 0.3) is 0 Å². The van der Waals surface area contributed by atoms with Gasteiger partial charge in [-0.15, -0.1) is 0 Å². The van der Waals surface area contributed by atoms with E-state index in [4.69, 9.17) is 9.15 Å². The largest absolute Gasteiger partial charge is 0.496 e. The van der Waals surface area contributed by atoms with Gasteiger partial charge in [0.1, 0.15) is 11.5 Å². The Morgan fingerprint density at radius 3 is 2.79 bits per heavy atom. The van der Waals surface area contributed by atoms with Crippen LogP contribution in [0.5, 0.6) is 5.75 Å². The predicted octanol–water partition coefficient (Wildman–Crippen LogP) is 3.69. The zero-order chi connectivity index (χ0) is 13.7. The molecule has 1 unspecified atom stereocenters. The van der Waals surface area contributed by atoms with Gasteiger partial charge in [-0.05, 0) is 38.1 Å². The van der Waals surface area contributed by atoms with E-state index in [2.05, 4.69) is 31.3 Å². The maximum atomic E-state index is 5.57. The summed E-state index contributed by atoms with van der Waals surface area (Å²) in [5, 5.41) is 3.52. The van der Waals surface area contributed by atoms with Crippen molar-refractivity contribution in [1.82, 2.24) is 5.32 Å². The van der Waals surface area contributed by atoms with E-state index in [0.717, 1.165) is 30.0 Å². The van der Waals surface area contributed by atoms with Crippen molar-refractivity contribution in [2.45, 2.75) is 26.3 Å². The summed E-state index contributed by atoms with van der Waals surface area (Å²) in [6, 6.07) is 10.2. The Labute approximate surface area is 114 Å². The molecule has 1 aromatic carbocycles. The molecule has 0 spiro atoms. The first-order chi connectivity index (χ1) is 9.26. The molecule has 1 heterocycles. The minimum atomic E-state index is 0.0322. The standard InChI is InChI=1S/C16H21NO2/c1-4-9-17-16(15-6-5-10-19-15)13-11-12(2)7-8-14(13)18-3/h5-8,10-11,16-17H,4,9H2,1-3H3. The summed E-state index contributed by atoms with van der Waals surface area (Å²) in [5.41, 5.74) is 2.33. The molecule has 2 aromatic rings. The predicted molar refractivity (Wildman–Crippen MR) is 76.6 cm³/mol. The highest BCUT2D eigenvalue weighted by atomic mass is 16.5. The van der Waals surface area contributed by atoms with E-state index in [0.29, 0.717) is 0 Å². The Balaban J connectivity index is 2.39. The van der Waals surface area contributed by atoms with E-state index in [1.807, 2.05) is 18.2 Å². The second-order valence-electron chi connectivity index (χ2n) is 4.65. The Morgan fingerprint density at radius 1 is 1.32 bits per heavy atom. The van der Waals surface area contributed by atoms with Crippen molar-refractivity contribution in [2.24, 2.45) is 0 Å². The highest BCUT2D eigenvalue weighted by Crippen LogP contribution is 2.31. The molecule has 0 amide bonds. The van der Waals surface area contributed by atoms with E-state index >= 15 is 0 Å². The zero-order valence-electron chi connectivity index (χ0n) is 11.8. The smallest absolute Gasteiger partial charge is 0.125 e. The number of hydrogen-bond donors (Lipinski definition) is 1. The molecular formula is C16H21NO2. The summed E-state index contributed by atoms with van der Waals surface area (Å²) in [6.45, 7) is 5.17. The fourth-order valence-corrected chi connectivity index (χ4v) is 2.19. The van der Waals surface area contributed by atoms with Crippen LogP contribution in [0.3, 0.4) is 0 Å². The SMILES string of the molecule is CCCNC(c1ccco1)c1cc(C)ccc1OC. The Morgan fingerprint density at radius 2 is 2.16 bits per heavy atom. The van der Waals surface area contributed by atoms with Gasteiger partial charge >= 0.3 is 0 Å². The van der Waals surface area contributed by atoms with Crippen LogP contribution in [-0.4, -0.2) is 13.7 Å². The molecule has 19 heavy (non-hydrogen) atoms. The van der Waals surface area contributed by atoms with Crippen LogP contribution in [0.25, 0.3) is 0 Å². The topological polar surface area (TPSA) is 34.4 Å². The molecule has 2 rings (SSSR count). The van der Waals surface area contributed by atoms with Crippen LogP contribution in [0.4, 0.5) is 0 Å². The molecule has 102 valence electrons. The molecule has 0 aliphatic rings. The number of hydrogen-bond acceptors (Lipinski definition) is 3. The number of methoxy groups -OCH3 is 1. The maximum Gasteiger partial charge on any atom is 0.125 e. The summed E-state index contributed by atoms with van der Waals surface area (Å²) in [6.07, 6.45) is 2.78. The van der Waals surface area contributed by atoms with E-state index < -0.39 is 0 Å². The van der Waals surface area contributed by atoms with Gasteiger partial charge in [-0.2, -0.15) is 0 Å². The van der Waals surface area contributed by atoms with Crippen molar-refractivity contribution in [3.63, 3.8) is 0 Å². The van der Waals surface area contributed by atoms with Gasteiger partial charge in [-0.3, -0.25) is 0 Å². The van der Waals surface area contributed by atoms with Crippen LogP contribution in [0, 0.1) is 6.92 Å². The third kappa shape index (κ3) is 3.18. The van der Waals surface area contributed by atoms with Crippen LogP contribution >= 0.6 is 0 Å². The van der Waals surface area contributed by atoms with Crippen LogP contribution in [-0.2, 0) is 0 Å². The molecule has 0 aliphatic carbocycles. The number of nitrogens with one attached hydrogen (secondary N) is 1. The van der Waals surface area contributed by atoms with Crippen molar-refractivity contribution in [1.29, 1.82) is 0 Å². The molecule has 1 N–H and O–H groups in total. The van der Waals surface area contributed by atoms with Gasteiger partial charge in [0, 0.05) is 5.56 Å². The molecule has 1 aromatic heterocycles. The second kappa shape index (κ2) is 6.43. The quantitative estimate of drug-likeness (QED) is 0.859. The first kappa shape index (κ1) is 13.7. The number of rotatable bonds is 6. The monoisotopic (exact) mass is 259 g/mol. The number of furan rings is 1. The molecule has 3 nitrogen and oxygen atoms in total. The number of benzene rings is 1. The van der Waals surface area contributed by atoms with E-state index in [-0.39, 0.29) is 6.04 Å². The molecule has 0 radical (unpaired) electrons. The van der Waals surface area contributed by atoms with Gasteiger partial charge < -0.3 is 14.5 Å². The second-order valence-corrected chi connectivity index (χ2v) is 4.65. The lowest BCUT2D eigenvalue weighted by Gasteiger charge is -2.20. The van der Waals surface area contributed by atoms with Crippen LogP contribution in [0.2, 0.25) is 0 Å². The third-order valence-corrected chi connectivity index (χ3v) is 3.12. The van der Waals surface area contributed by atoms with E-state index in [1.54, 1.807) is 13.4 Å². The van der Waals surface area contributed by atoms with Gasteiger partial charge in [-0.1, -0.05) is 24.6 Å². The lowest BCUT2D eigenvalue weighted by Crippen LogP contribution is -2.23. The summed E-state index contributed by atoms with van der Waals surface area (Å²) < 4.78 is 11.0. The van der Waals surface area contributed by atoms with Gasteiger partial charge in [0.15, 0.2) is 0 Å². The highest BCUT2D eigenvalue weighted by Gasteiger charge is 2.20. The maximum absolute atomic E-state index is 5.57. The summed E-state index contributed by atoms with van der Waals surface area (Å²) in [5.74, 6) is 1.80. The van der Waals surface area contributed by atoms with Crippen molar-refractivity contribution in [3.8, 4) is 5.75 Å². The highest BCUT2D eigenvalue weighted by molar-refractivity contribution is 5.42. The molecule has 0 bridgehead atoms. The molecule has 0 saturated heterocycles. The Kier molecular flexibility index (Phi) is 4.63. The first-order valence-electron chi connectivity index (χ1n) is 6.67. The number of aryl methyl sites for hydroxylation is 1. The average molecular weight is 259 g/mol. The van der Waals surface area contributed by atoms with Gasteiger partial charge in [0.2, 0.25) is 0 Å². The summed E-state index contributed by atoms with van der Waals surface area (Å²) >= 11 is 0. The normalized spacial score (nSPS) is 12.4. The van der Waals surface area contributed by atoms with E-state index in [9.17, 15) is 0 Å². The van der Waals surface area contributed by atoms with Crippen LogP contribution in [0.15, 0.2) is 41.0 Å². The molecule has 0 fully saturated rings. The molecular weight excluding hydrogens is 238 g/mol. The molecule has 3 heteroatoms. The average Bonchev–Trinajstić information content (AvgIpc) is 2.93. The molecule has 0 aliphatic heterocycles. The Hall–Kier alpha value is -1.74. The van der Waals surface area contributed by atoms with Gasteiger partial charge in [0.05, 0.1) is 19.4 Å². The van der Waals surface area contributed by atoms with Crippen molar-refractivity contribution in [3.05, 3.63) is 53.5 Å². The third-order valence-electron chi connectivity index (χ3n) is 3.12. The Bertz CT molecular complexity index is 505. The fourth-order valence-electron chi connectivity index (χ4n) is 2.19. The minimum absolute atomic E-state index is 0.0322. The van der Waals surface area contributed by atoms with Crippen molar-refractivity contribution in [2.75, 3.05) is 13.7 Å². The lowest BCUT2D eigenvalue weighted by molar-refractivity contribution is 0.392. The van der Waals surface area contributed by atoms with Crippen LogP contribution < -0.4 is 10.1 Å². The summed E-state index contributed by atoms with van der Waals surface area (Å²) in [4.78, 5) is 0. The van der Waals surface area contributed by atoms with Crippen molar-refractivity contribution >= 4 is 0 Å². The minimum Gasteiger partial charge on any atom is -0.496 e. The zero-order valence-corrected chi connectivity index (χ0v) is 11.8. The summed E-state index contributed by atoms with van der Waals surface area (Å²) in [7, 11) is 1.70. The first-order valence-corrected chi connectivity index (χ1v) is 6.67. The van der Waals surface area contributed by atoms with E-state index in [1.165, 1.54) is 5.56 Å². The number of ether oxygens (including phenoxy) is 1. The van der Waals surface area contributed by atoms with Crippen molar-refractivity contribution < 1.29 is 9.15 Å². The lowest BCUT2D eigenvalue weighted by atomic mass is 10.0. The molecule has 0 saturated carbocycles. The fraction of sp³-hybridized carbons (Fsp3) is 0.375.